The second kappa shape index (κ2) is 6.19. The summed E-state index contributed by atoms with van der Waals surface area (Å²) in [7, 11) is -3.73. The first kappa shape index (κ1) is 16.4. The van der Waals surface area contributed by atoms with Crippen molar-refractivity contribution in [2.24, 2.45) is 5.41 Å². The molecule has 1 heterocycles. The highest BCUT2D eigenvalue weighted by atomic mass is 32.2. The number of nitrogens with zero attached hydrogens (tertiary/aromatic N) is 1. The zero-order valence-corrected chi connectivity index (χ0v) is 12.7. The van der Waals surface area contributed by atoms with Gasteiger partial charge in [-0.2, -0.15) is 17.4 Å². The number of rotatable bonds is 4. The lowest BCUT2D eigenvalue weighted by Crippen LogP contribution is -2.53. The second-order valence-corrected chi connectivity index (χ2v) is 7.78. The van der Waals surface area contributed by atoms with E-state index in [9.17, 15) is 18.3 Å². The van der Waals surface area contributed by atoms with Crippen molar-refractivity contribution in [3.63, 3.8) is 0 Å². The fourth-order valence-corrected chi connectivity index (χ4v) is 3.74. The molecule has 0 aromatic carbocycles. The van der Waals surface area contributed by atoms with Gasteiger partial charge in [-0.3, -0.25) is 4.79 Å². The molecule has 0 amide bonds. The van der Waals surface area contributed by atoms with E-state index in [1.165, 1.54) is 4.31 Å². The Balaban J connectivity index is 2.84. The van der Waals surface area contributed by atoms with Crippen molar-refractivity contribution in [3.05, 3.63) is 0 Å². The molecular weight excluding hydrogens is 268 g/mol. The van der Waals surface area contributed by atoms with Crippen molar-refractivity contribution in [2.45, 2.75) is 52.5 Å². The van der Waals surface area contributed by atoms with Crippen molar-refractivity contribution < 1.29 is 18.3 Å². The Hall–Kier alpha value is -0.660. The molecule has 0 spiro atoms. The van der Waals surface area contributed by atoms with Gasteiger partial charge in [0.05, 0.1) is 0 Å². The van der Waals surface area contributed by atoms with Gasteiger partial charge in [-0.15, -0.1) is 0 Å². The highest BCUT2D eigenvalue weighted by Gasteiger charge is 2.36. The predicted molar refractivity (Wildman–Crippen MR) is 73.0 cm³/mol. The summed E-state index contributed by atoms with van der Waals surface area (Å²) in [6, 6.07) is -1.12. The number of carboxylic acid groups (broad SMARTS) is 1. The van der Waals surface area contributed by atoms with Crippen LogP contribution in [-0.4, -0.2) is 42.9 Å². The molecule has 1 aliphatic heterocycles. The van der Waals surface area contributed by atoms with Crippen LogP contribution in [0.25, 0.3) is 0 Å². The first-order valence-corrected chi connectivity index (χ1v) is 8.09. The van der Waals surface area contributed by atoms with Gasteiger partial charge >= 0.3 is 5.97 Å². The Bertz CT molecular complexity index is 406. The molecule has 0 aromatic heterocycles. The molecule has 6 nitrogen and oxygen atoms in total. The highest BCUT2D eigenvalue weighted by molar-refractivity contribution is 7.87. The first-order chi connectivity index (χ1) is 8.64. The normalized spacial score (nSPS) is 20.8. The summed E-state index contributed by atoms with van der Waals surface area (Å²) in [5.74, 6) is -1.15. The van der Waals surface area contributed by atoms with E-state index in [1.807, 2.05) is 0 Å². The summed E-state index contributed by atoms with van der Waals surface area (Å²) in [5.41, 5.74) is -0.676. The summed E-state index contributed by atoms with van der Waals surface area (Å²) in [5, 5.41) is 9.18. The zero-order chi connectivity index (χ0) is 14.7. The minimum atomic E-state index is -3.73. The van der Waals surface area contributed by atoms with Gasteiger partial charge in [-0.25, -0.2) is 0 Å². The molecular formula is C12H24N2O4S. The van der Waals surface area contributed by atoms with Crippen molar-refractivity contribution in [3.8, 4) is 0 Å². The number of carboxylic acids is 1. The zero-order valence-electron chi connectivity index (χ0n) is 11.8. The number of aliphatic carboxylic acids is 1. The van der Waals surface area contributed by atoms with Crippen LogP contribution in [-0.2, 0) is 15.0 Å². The minimum Gasteiger partial charge on any atom is -0.480 e. The largest absolute Gasteiger partial charge is 0.480 e. The molecule has 0 bridgehead atoms. The third-order valence-electron chi connectivity index (χ3n) is 3.28. The molecule has 1 rings (SSSR count). The van der Waals surface area contributed by atoms with Crippen molar-refractivity contribution in [2.75, 3.05) is 13.1 Å². The summed E-state index contributed by atoms with van der Waals surface area (Å²) < 4.78 is 28.2. The van der Waals surface area contributed by atoms with Crippen molar-refractivity contribution >= 4 is 16.2 Å². The monoisotopic (exact) mass is 292 g/mol. The average molecular weight is 292 g/mol. The molecule has 1 fully saturated rings. The molecule has 2 N–H and O–H groups in total. The third kappa shape index (κ3) is 4.74. The van der Waals surface area contributed by atoms with Crippen LogP contribution >= 0.6 is 0 Å². The maximum absolute atomic E-state index is 12.3. The maximum atomic E-state index is 12.3. The van der Waals surface area contributed by atoms with E-state index in [4.69, 9.17) is 0 Å². The van der Waals surface area contributed by atoms with Crippen LogP contribution in [0.1, 0.15) is 46.5 Å². The molecule has 0 unspecified atom stereocenters. The van der Waals surface area contributed by atoms with Crippen LogP contribution in [0.5, 0.6) is 0 Å². The molecule has 0 aromatic rings. The number of hydrogen-bond donors (Lipinski definition) is 2. The molecule has 0 saturated carbocycles. The Kier molecular flexibility index (Phi) is 5.34. The lowest BCUT2D eigenvalue weighted by atomic mass is 9.88. The van der Waals surface area contributed by atoms with Gasteiger partial charge in [0.15, 0.2) is 0 Å². The number of carbonyl (C=O) groups is 1. The fourth-order valence-electron chi connectivity index (χ4n) is 2.10. The summed E-state index contributed by atoms with van der Waals surface area (Å²) in [6.45, 7) is 6.04. The van der Waals surface area contributed by atoms with E-state index in [-0.39, 0.29) is 0 Å². The van der Waals surface area contributed by atoms with Gasteiger partial charge in [-0.1, -0.05) is 33.6 Å². The molecule has 0 aliphatic carbocycles. The second-order valence-electron chi connectivity index (χ2n) is 6.07. The van der Waals surface area contributed by atoms with Crippen LogP contribution in [0.4, 0.5) is 0 Å². The molecule has 112 valence electrons. The van der Waals surface area contributed by atoms with Gasteiger partial charge in [0.2, 0.25) is 0 Å². The maximum Gasteiger partial charge on any atom is 0.322 e. The Morgan fingerprint density at radius 2 is 1.63 bits per heavy atom. The SMILES string of the molecule is CC(C)(C)[C@@H](NS(=O)(=O)N1CCCCCC1)C(=O)O. The van der Waals surface area contributed by atoms with Crippen LogP contribution in [0.2, 0.25) is 0 Å². The van der Waals surface area contributed by atoms with E-state index >= 15 is 0 Å². The van der Waals surface area contributed by atoms with Gasteiger partial charge < -0.3 is 5.11 Å². The van der Waals surface area contributed by atoms with Gasteiger partial charge in [0.1, 0.15) is 6.04 Å². The average Bonchev–Trinajstić information content (AvgIpc) is 2.52. The van der Waals surface area contributed by atoms with E-state index in [2.05, 4.69) is 4.72 Å². The molecule has 1 saturated heterocycles. The number of nitrogens with one attached hydrogen (secondary N) is 1. The molecule has 1 aliphatic rings. The van der Waals surface area contributed by atoms with Crippen LogP contribution in [0, 0.1) is 5.41 Å². The van der Waals surface area contributed by atoms with E-state index in [0.717, 1.165) is 25.7 Å². The summed E-state index contributed by atoms with van der Waals surface area (Å²) in [4.78, 5) is 11.2. The van der Waals surface area contributed by atoms with Crippen molar-refractivity contribution in [1.29, 1.82) is 0 Å². The van der Waals surface area contributed by atoms with Crippen LogP contribution < -0.4 is 4.72 Å². The number of hydrogen-bond acceptors (Lipinski definition) is 3. The third-order valence-corrected chi connectivity index (χ3v) is 4.86. The Morgan fingerprint density at radius 1 is 1.16 bits per heavy atom. The molecule has 1 atom stereocenters. The van der Waals surface area contributed by atoms with Crippen molar-refractivity contribution in [1.82, 2.24) is 9.03 Å². The van der Waals surface area contributed by atoms with Gasteiger partial charge in [0.25, 0.3) is 10.2 Å². The standard InChI is InChI=1S/C12H24N2O4S/c1-12(2,3)10(11(15)16)13-19(17,18)14-8-6-4-5-7-9-14/h10,13H,4-9H2,1-3H3,(H,15,16)/t10-/m0/s1. The van der Waals surface area contributed by atoms with E-state index in [1.54, 1.807) is 20.8 Å². The molecule has 19 heavy (non-hydrogen) atoms. The van der Waals surface area contributed by atoms with Gasteiger partial charge in [-0.05, 0) is 18.3 Å². The van der Waals surface area contributed by atoms with E-state index in [0.29, 0.717) is 13.1 Å². The van der Waals surface area contributed by atoms with Crippen LogP contribution in [0.3, 0.4) is 0 Å². The lowest BCUT2D eigenvalue weighted by Gasteiger charge is -2.30. The predicted octanol–water partition coefficient (Wildman–Crippen LogP) is 1.20. The minimum absolute atomic E-state index is 0.464. The summed E-state index contributed by atoms with van der Waals surface area (Å²) in [6.07, 6.45) is 3.70. The summed E-state index contributed by atoms with van der Waals surface area (Å²) >= 11 is 0. The Labute approximate surface area is 115 Å². The smallest absolute Gasteiger partial charge is 0.322 e. The molecule has 7 heteroatoms. The van der Waals surface area contributed by atoms with E-state index < -0.39 is 27.6 Å². The topological polar surface area (TPSA) is 86.7 Å². The van der Waals surface area contributed by atoms with Gasteiger partial charge in [0, 0.05) is 13.1 Å². The fraction of sp³-hybridized carbons (Fsp3) is 0.917. The lowest BCUT2D eigenvalue weighted by molar-refractivity contribution is -0.141. The van der Waals surface area contributed by atoms with Crippen LogP contribution in [0.15, 0.2) is 0 Å². The quantitative estimate of drug-likeness (QED) is 0.815. The first-order valence-electron chi connectivity index (χ1n) is 6.65. The molecule has 0 radical (unpaired) electrons. The Morgan fingerprint density at radius 3 is 2.00 bits per heavy atom. The highest BCUT2D eigenvalue weighted by Crippen LogP contribution is 2.21.